The maximum Gasteiger partial charge on any atom is 0.337 e. The summed E-state index contributed by atoms with van der Waals surface area (Å²) >= 11 is 5.97. The third kappa shape index (κ3) is 2.69. The van der Waals surface area contributed by atoms with Crippen LogP contribution in [0.1, 0.15) is 15.9 Å². The van der Waals surface area contributed by atoms with Crippen LogP contribution in [0.3, 0.4) is 0 Å². The summed E-state index contributed by atoms with van der Waals surface area (Å²) in [5.41, 5.74) is 1.10. The van der Waals surface area contributed by atoms with Gasteiger partial charge in [-0.05, 0) is 36.8 Å². The number of carboxylic acid groups (broad SMARTS) is 1. The summed E-state index contributed by atoms with van der Waals surface area (Å²) in [6.07, 6.45) is 0. The van der Waals surface area contributed by atoms with E-state index >= 15 is 0 Å². The summed E-state index contributed by atoms with van der Waals surface area (Å²) < 4.78 is 13.8. The molecule has 0 heterocycles. The van der Waals surface area contributed by atoms with Crippen LogP contribution in [-0.4, -0.2) is 11.1 Å². The maximum absolute atomic E-state index is 13.8. The van der Waals surface area contributed by atoms with E-state index in [1.54, 1.807) is 25.1 Å². The molecule has 0 fully saturated rings. The highest BCUT2D eigenvalue weighted by Crippen LogP contribution is 2.29. The van der Waals surface area contributed by atoms with Crippen LogP contribution in [0.2, 0.25) is 5.02 Å². The number of carbonyl (C=O) groups is 1. The Morgan fingerprint density at radius 3 is 2.63 bits per heavy atom. The van der Waals surface area contributed by atoms with Gasteiger partial charge in [0.1, 0.15) is 5.82 Å². The second kappa shape index (κ2) is 5.28. The lowest BCUT2D eigenvalue weighted by Gasteiger charge is -2.13. The van der Waals surface area contributed by atoms with Crippen molar-refractivity contribution >= 4 is 28.9 Å². The average molecular weight is 280 g/mol. The van der Waals surface area contributed by atoms with Gasteiger partial charge in [-0.2, -0.15) is 0 Å². The number of aromatic carboxylic acids is 1. The van der Waals surface area contributed by atoms with Gasteiger partial charge < -0.3 is 10.4 Å². The Hall–Kier alpha value is -2.07. The average Bonchev–Trinajstić information content (AvgIpc) is 2.36. The van der Waals surface area contributed by atoms with E-state index in [9.17, 15) is 9.18 Å². The van der Waals surface area contributed by atoms with Gasteiger partial charge in [-0.1, -0.05) is 23.7 Å². The largest absolute Gasteiger partial charge is 0.478 e. The normalized spacial score (nSPS) is 10.3. The molecule has 2 aromatic carbocycles. The molecule has 0 aliphatic carbocycles. The Morgan fingerprint density at radius 1 is 1.26 bits per heavy atom. The van der Waals surface area contributed by atoms with Gasteiger partial charge in [0.05, 0.1) is 11.3 Å². The van der Waals surface area contributed by atoms with E-state index in [1.165, 1.54) is 18.2 Å². The van der Waals surface area contributed by atoms with Crippen LogP contribution in [0.5, 0.6) is 0 Å². The standard InChI is InChI=1S/C14H11ClFNO2/c1-8-10(15)5-3-7-12(8)17-13-9(14(18)19)4-2-6-11(13)16/h2-7,17H,1H3,(H,18,19). The second-order valence-corrected chi connectivity index (χ2v) is 4.41. The van der Waals surface area contributed by atoms with E-state index in [2.05, 4.69) is 5.32 Å². The summed E-state index contributed by atoms with van der Waals surface area (Å²) in [4.78, 5) is 11.1. The molecule has 2 aromatic rings. The molecule has 0 bridgehead atoms. The molecule has 5 heteroatoms. The highest BCUT2D eigenvalue weighted by molar-refractivity contribution is 6.31. The number of halogens is 2. The summed E-state index contributed by atoms with van der Waals surface area (Å²) in [7, 11) is 0. The van der Waals surface area contributed by atoms with Gasteiger partial charge in [-0.3, -0.25) is 0 Å². The van der Waals surface area contributed by atoms with Crippen molar-refractivity contribution in [3.8, 4) is 0 Å². The van der Waals surface area contributed by atoms with E-state index in [1.807, 2.05) is 0 Å². The van der Waals surface area contributed by atoms with Gasteiger partial charge in [0.15, 0.2) is 0 Å². The highest BCUT2D eigenvalue weighted by Gasteiger charge is 2.15. The predicted octanol–water partition coefficient (Wildman–Crippen LogP) is 4.23. The number of rotatable bonds is 3. The molecule has 0 aliphatic heterocycles. The first-order valence-electron chi connectivity index (χ1n) is 5.54. The highest BCUT2D eigenvalue weighted by atomic mass is 35.5. The Morgan fingerprint density at radius 2 is 1.95 bits per heavy atom. The van der Waals surface area contributed by atoms with Crippen molar-refractivity contribution < 1.29 is 14.3 Å². The number of benzene rings is 2. The summed E-state index contributed by atoms with van der Waals surface area (Å²) in [6.45, 7) is 1.77. The Balaban J connectivity index is 2.49. The number of anilines is 2. The Bertz CT molecular complexity index is 643. The molecular formula is C14H11ClFNO2. The molecule has 0 unspecified atom stereocenters. The quantitative estimate of drug-likeness (QED) is 0.884. The summed E-state index contributed by atoms with van der Waals surface area (Å²) in [5, 5.41) is 12.4. The minimum absolute atomic E-state index is 0.0691. The summed E-state index contributed by atoms with van der Waals surface area (Å²) in [6, 6.07) is 9.02. The molecule has 2 N–H and O–H groups in total. The van der Waals surface area contributed by atoms with Crippen molar-refractivity contribution in [1.82, 2.24) is 0 Å². The van der Waals surface area contributed by atoms with Crippen molar-refractivity contribution in [2.24, 2.45) is 0 Å². The molecule has 0 saturated carbocycles. The first kappa shape index (κ1) is 13.4. The van der Waals surface area contributed by atoms with Crippen molar-refractivity contribution in [2.75, 3.05) is 5.32 Å². The topological polar surface area (TPSA) is 49.3 Å². The van der Waals surface area contributed by atoms with Gasteiger partial charge in [0, 0.05) is 10.7 Å². The van der Waals surface area contributed by atoms with Crippen LogP contribution in [0, 0.1) is 12.7 Å². The Kier molecular flexibility index (Phi) is 3.71. The van der Waals surface area contributed by atoms with Gasteiger partial charge in [-0.15, -0.1) is 0 Å². The van der Waals surface area contributed by atoms with Crippen LogP contribution >= 0.6 is 11.6 Å². The number of para-hydroxylation sites is 1. The molecule has 0 aromatic heterocycles. The van der Waals surface area contributed by atoms with Crippen LogP contribution in [0.4, 0.5) is 15.8 Å². The van der Waals surface area contributed by atoms with E-state index in [4.69, 9.17) is 16.7 Å². The fourth-order valence-corrected chi connectivity index (χ4v) is 1.88. The lowest BCUT2D eigenvalue weighted by molar-refractivity contribution is 0.0697. The molecule has 3 nitrogen and oxygen atoms in total. The zero-order chi connectivity index (χ0) is 14.0. The first-order valence-corrected chi connectivity index (χ1v) is 5.92. The van der Waals surface area contributed by atoms with Crippen LogP contribution in [-0.2, 0) is 0 Å². The minimum atomic E-state index is -1.19. The molecule has 0 atom stereocenters. The lowest BCUT2D eigenvalue weighted by atomic mass is 10.1. The Labute approximate surface area is 114 Å². The van der Waals surface area contributed by atoms with Crippen LogP contribution in [0.15, 0.2) is 36.4 Å². The van der Waals surface area contributed by atoms with E-state index in [0.717, 1.165) is 5.56 Å². The van der Waals surface area contributed by atoms with Crippen molar-refractivity contribution in [3.63, 3.8) is 0 Å². The van der Waals surface area contributed by atoms with E-state index in [0.29, 0.717) is 10.7 Å². The monoisotopic (exact) mass is 279 g/mol. The predicted molar refractivity (Wildman–Crippen MR) is 72.8 cm³/mol. The minimum Gasteiger partial charge on any atom is -0.478 e. The second-order valence-electron chi connectivity index (χ2n) is 4.00. The molecule has 2 rings (SSSR count). The van der Waals surface area contributed by atoms with Crippen molar-refractivity contribution in [1.29, 1.82) is 0 Å². The smallest absolute Gasteiger partial charge is 0.337 e. The first-order chi connectivity index (χ1) is 9.00. The zero-order valence-electron chi connectivity index (χ0n) is 10.1. The number of hydrogen-bond acceptors (Lipinski definition) is 2. The van der Waals surface area contributed by atoms with Crippen LogP contribution in [0.25, 0.3) is 0 Å². The molecule has 19 heavy (non-hydrogen) atoms. The number of nitrogens with one attached hydrogen (secondary N) is 1. The SMILES string of the molecule is Cc1c(Cl)cccc1Nc1c(F)cccc1C(=O)O. The maximum atomic E-state index is 13.8. The molecule has 98 valence electrons. The van der Waals surface area contributed by atoms with Crippen LogP contribution < -0.4 is 5.32 Å². The third-order valence-corrected chi connectivity index (χ3v) is 3.18. The van der Waals surface area contributed by atoms with Gasteiger partial charge in [0.25, 0.3) is 0 Å². The lowest BCUT2D eigenvalue weighted by Crippen LogP contribution is -2.05. The summed E-state index contributed by atoms with van der Waals surface area (Å²) in [5.74, 6) is -1.82. The zero-order valence-corrected chi connectivity index (χ0v) is 10.8. The fourth-order valence-electron chi connectivity index (χ4n) is 1.71. The van der Waals surface area contributed by atoms with Gasteiger partial charge in [0.2, 0.25) is 0 Å². The molecule has 0 amide bonds. The third-order valence-electron chi connectivity index (χ3n) is 2.77. The van der Waals surface area contributed by atoms with E-state index in [-0.39, 0.29) is 11.3 Å². The molecular weight excluding hydrogens is 269 g/mol. The fraction of sp³-hybridized carbons (Fsp3) is 0.0714. The molecule has 0 radical (unpaired) electrons. The van der Waals surface area contributed by atoms with E-state index < -0.39 is 11.8 Å². The van der Waals surface area contributed by atoms with Crippen molar-refractivity contribution in [3.05, 3.63) is 58.4 Å². The molecule has 0 spiro atoms. The van der Waals surface area contributed by atoms with Crippen molar-refractivity contribution in [2.45, 2.75) is 6.92 Å². The van der Waals surface area contributed by atoms with Gasteiger partial charge >= 0.3 is 5.97 Å². The molecule has 0 aliphatic rings. The van der Waals surface area contributed by atoms with Gasteiger partial charge in [-0.25, -0.2) is 9.18 Å². The number of carboxylic acids is 1. The number of hydrogen-bond donors (Lipinski definition) is 2. The molecule has 0 saturated heterocycles.